The van der Waals surface area contributed by atoms with Crippen molar-refractivity contribution < 1.29 is 48.4 Å². The molecular formula is C40H23Br2F5N6O6S2. The van der Waals surface area contributed by atoms with Crippen LogP contribution in [0.15, 0.2) is 135 Å². The molecule has 0 aliphatic heterocycles. The van der Waals surface area contributed by atoms with E-state index < -0.39 is 88.1 Å². The van der Waals surface area contributed by atoms with E-state index in [1.165, 1.54) is 55.1 Å². The van der Waals surface area contributed by atoms with Gasteiger partial charge in [-0.3, -0.25) is 19.0 Å². The number of nitrogens with one attached hydrogen (secondary N) is 4. The Balaban J connectivity index is 0.000000184. The van der Waals surface area contributed by atoms with Gasteiger partial charge in [-0.15, -0.1) is 0 Å². The summed E-state index contributed by atoms with van der Waals surface area (Å²) < 4.78 is 127. The first kappa shape index (κ1) is 42.8. The highest BCUT2D eigenvalue weighted by Gasteiger charge is 2.28. The molecule has 4 aromatic heterocycles. The van der Waals surface area contributed by atoms with Crippen molar-refractivity contribution in [1.82, 2.24) is 19.9 Å². The number of aromatic nitrogens is 4. The first-order valence-electron chi connectivity index (χ1n) is 17.1. The third-order valence-electron chi connectivity index (χ3n) is 8.77. The Morgan fingerprint density at radius 2 is 1.00 bits per heavy atom. The average Bonchev–Trinajstić information content (AvgIpc) is 3.84. The van der Waals surface area contributed by atoms with Crippen molar-refractivity contribution in [3.63, 3.8) is 0 Å². The molecule has 8 aromatic rings. The van der Waals surface area contributed by atoms with Crippen LogP contribution in [-0.2, 0) is 20.0 Å². The van der Waals surface area contributed by atoms with Crippen molar-refractivity contribution in [2.45, 2.75) is 9.79 Å². The van der Waals surface area contributed by atoms with Crippen molar-refractivity contribution in [2.24, 2.45) is 0 Å². The Kier molecular flexibility index (Phi) is 11.9. The third kappa shape index (κ3) is 8.81. The van der Waals surface area contributed by atoms with Crippen LogP contribution in [0, 0.1) is 29.1 Å². The summed E-state index contributed by atoms with van der Waals surface area (Å²) in [5, 5.41) is 0.687. The Morgan fingerprint density at radius 3 is 1.46 bits per heavy atom. The van der Waals surface area contributed by atoms with Crippen LogP contribution in [-0.4, -0.2) is 48.3 Å². The van der Waals surface area contributed by atoms with E-state index >= 15 is 8.78 Å². The molecule has 8 rings (SSSR count). The number of rotatable bonds is 10. The standard InChI is InChI=1S/C20H11BrF3N3O3S.C20H12BrF2N3O3S/c21-10-6-13-14(9-26-20(13)25-8-10)19(28)17-15(23)4-5-16(18(17)24)27-31(29,30)12-3-1-2-11(22)7-12;21-11-8-13-14(10-25-20(13)24-9-11)19(27)17-15(22)6-7-16(18(17)23)26-30(28,29)12-4-2-1-3-5-12/h1-9,27H,(H,25,26);1-10,26H,(H,24,25). The largest absolute Gasteiger partial charge is 0.345 e. The molecule has 0 fully saturated rings. The summed E-state index contributed by atoms with van der Waals surface area (Å²) in [6.07, 6.45) is 5.55. The zero-order valence-electron chi connectivity index (χ0n) is 30.3. The van der Waals surface area contributed by atoms with Crippen molar-refractivity contribution >= 4 is 96.9 Å². The second kappa shape index (κ2) is 17.0. The van der Waals surface area contributed by atoms with Crippen LogP contribution in [0.3, 0.4) is 0 Å². The van der Waals surface area contributed by atoms with E-state index in [9.17, 15) is 39.6 Å². The summed E-state index contributed by atoms with van der Waals surface area (Å²) in [4.78, 5) is 39.0. The van der Waals surface area contributed by atoms with Crippen LogP contribution in [0.25, 0.3) is 22.1 Å². The molecule has 4 N–H and O–H groups in total. The first-order valence-corrected chi connectivity index (χ1v) is 21.7. The molecule has 0 aliphatic carbocycles. The monoisotopic (exact) mass is 1000 g/mol. The minimum Gasteiger partial charge on any atom is -0.345 e. The number of aromatic amines is 2. The van der Waals surface area contributed by atoms with Crippen molar-refractivity contribution in [1.29, 1.82) is 0 Å². The summed E-state index contributed by atoms with van der Waals surface area (Å²) in [7, 11) is -8.53. The highest BCUT2D eigenvalue weighted by Crippen LogP contribution is 2.31. The molecule has 0 saturated heterocycles. The number of fused-ring (bicyclic) bond motifs is 2. The van der Waals surface area contributed by atoms with Gasteiger partial charge in [-0.25, -0.2) is 48.8 Å². The molecule has 21 heteroatoms. The lowest BCUT2D eigenvalue weighted by atomic mass is 10.0. The molecule has 61 heavy (non-hydrogen) atoms. The Hall–Kier alpha value is -6.29. The third-order valence-corrected chi connectivity index (χ3v) is 12.4. The summed E-state index contributed by atoms with van der Waals surface area (Å²) in [6.45, 7) is 0. The number of sulfonamides is 2. The number of hydrogen-bond acceptors (Lipinski definition) is 8. The zero-order valence-corrected chi connectivity index (χ0v) is 35.1. The van der Waals surface area contributed by atoms with Crippen LogP contribution in [0.4, 0.5) is 33.3 Å². The van der Waals surface area contributed by atoms with E-state index in [0.29, 0.717) is 31.0 Å². The first-order chi connectivity index (χ1) is 28.9. The van der Waals surface area contributed by atoms with E-state index in [-0.39, 0.29) is 16.0 Å². The summed E-state index contributed by atoms with van der Waals surface area (Å²) in [5.41, 5.74) is -2.37. The molecule has 0 saturated carbocycles. The fourth-order valence-corrected chi connectivity index (χ4v) is 8.75. The van der Waals surface area contributed by atoms with Gasteiger partial charge in [0.2, 0.25) is 11.6 Å². The average molecular weight is 1000 g/mol. The van der Waals surface area contributed by atoms with Gasteiger partial charge in [-0.05, 0) is 98.6 Å². The highest BCUT2D eigenvalue weighted by atomic mass is 79.9. The smallest absolute Gasteiger partial charge is 0.262 e. The van der Waals surface area contributed by atoms with Crippen LogP contribution in [0.5, 0.6) is 0 Å². The van der Waals surface area contributed by atoms with Crippen molar-refractivity contribution in [3.05, 3.63) is 176 Å². The number of carbonyl (C=O) groups is 2. The lowest BCUT2D eigenvalue weighted by molar-refractivity contribution is 0.102. The molecule has 0 unspecified atom stereocenters. The van der Waals surface area contributed by atoms with E-state index in [2.05, 4.69) is 56.5 Å². The maximum atomic E-state index is 15.1. The van der Waals surface area contributed by atoms with Gasteiger partial charge < -0.3 is 9.97 Å². The lowest BCUT2D eigenvalue weighted by Gasteiger charge is -2.12. The second-order valence-corrected chi connectivity index (χ2v) is 17.9. The fourth-order valence-electron chi connectivity index (χ4n) is 5.92. The number of H-pyrrole nitrogens is 2. The van der Waals surface area contributed by atoms with Gasteiger partial charge in [0.25, 0.3) is 20.0 Å². The Labute approximate surface area is 358 Å². The van der Waals surface area contributed by atoms with E-state index in [1.54, 1.807) is 18.2 Å². The van der Waals surface area contributed by atoms with Crippen LogP contribution >= 0.6 is 31.9 Å². The van der Waals surface area contributed by atoms with Gasteiger partial charge in [-0.2, -0.15) is 0 Å². The quantitative estimate of drug-likeness (QED) is 0.0772. The topological polar surface area (TPSA) is 184 Å². The number of anilines is 2. The number of ketones is 2. The van der Waals surface area contributed by atoms with Gasteiger partial charge in [0.05, 0.1) is 32.3 Å². The predicted octanol–water partition coefficient (Wildman–Crippen LogP) is 9.41. The molecule has 0 amide bonds. The van der Waals surface area contributed by atoms with Crippen molar-refractivity contribution in [2.75, 3.05) is 9.44 Å². The second-order valence-electron chi connectivity index (χ2n) is 12.7. The number of nitrogens with zero attached hydrogens (tertiary/aromatic N) is 2. The Bertz CT molecular complexity index is 3280. The highest BCUT2D eigenvalue weighted by molar-refractivity contribution is 9.10. The summed E-state index contributed by atoms with van der Waals surface area (Å²) >= 11 is 6.46. The number of pyridine rings is 2. The van der Waals surface area contributed by atoms with Gasteiger partial charge in [0.1, 0.15) is 28.7 Å². The normalized spacial score (nSPS) is 11.6. The van der Waals surface area contributed by atoms with E-state index in [0.717, 1.165) is 42.5 Å². The molecule has 310 valence electrons. The SMILES string of the molecule is O=C(c1c(F)ccc(NS(=O)(=O)c2cccc(F)c2)c1F)c1c[nH]c2ncc(Br)cc12.O=C(c1c(F)ccc(NS(=O)(=O)c2ccccc2)c1F)c1c[nH]c2ncc(Br)cc12. The van der Waals surface area contributed by atoms with Gasteiger partial charge in [0.15, 0.2) is 11.6 Å². The van der Waals surface area contributed by atoms with E-state index in [1.807, 2.05) is 4.72 Å². The lowest BCUT2D eigenvalue weighted by Crippen LogP contribution is -2.16. The molecule has 0 atom stereocenters. The van der Waals surface area contributed by atoms with Crippen molar-refractivity contribution in [3.8, 4) is 0 Å². The van der Waals surface area contributed by atoms with Gasteiger partial charge in [-0.1, -0.05) is 24.3 Å². The number of hydrogen-bond donors (Lipinski definition) is 4. The molecule has 4 heterocycles. The molecule has 4 aromatic carbocycles. The fraction of sp³-hybridized carbons (Fsp3) is 0. The molecule has 0 spiro atoms. The summed E-state index contributed by atoms with van der Waals surface area (Å²) in [6, 6.07) is 17.9. The molecular weight excluding hydrogens is 979 g/mol. The maximum Gasteiger partial charge on any atom is 0.262 e. The molecule has 0 aliphatic rings. The zero-order chi connectivity index (χ0) is 43.8. The minimum absolute atomic E-state index is 0.000309. The number of halogens is 7. The summed E-state index contributed by atoms with van der Waals surface area (Å²) in [5.74, 6) is -7.76. The van der Waals surface area contributed by atoms with Gasteiger partial charge >= 0.3 is 0 Å². The van der Waals surface area contributed by atoms with E-state index in [4.69, 9.17) is 0 Å². The number of benzene rings is 4. The van der Waals surface area contributed by atoms with Gasteiger partial charge in [0, 0.05) is 55.6 Å². The number of carbonyl (C=O) groups excluding carboxylic acids is 2. The van der Waals surface area contributed by atoms with Crippen LogP contribution in [0.2, 0.25) is 0 Å². The van der Waals surface area contributed by atoms with Crippen LogP contribution in [0.1, 0.15) is 31.8 Å². The minimum atomic E-state index is -4.39. The predicted molar refractivity (Wildman–Crippen MR) is 222 cm³/mol. The Morgan fingerprint density at radius 1 is 0.557 bits per heavy atom. The molecule has 0 bridgehead atoms. The maximum absolute atomic E-state index is 15.1. The molecule has 12 nitrogen and oxygen atoms in total. The van der Waals surface area contributed by atoms with Crippen LogP contribution < -0.4 is 9.44 Å². The molecule has 0 radical (unpaired) electrons.